The van der Waals surface area contributed by atoms with Crippen LogP contribution in [0.4, 0.5) is 0 Å². The normalized spacial score (nSPS) is 15.3. The van der Waals surface area contributed by atoms with Crippen molar-refractivity contribution in [3.63, 3.8) is 0 Å². The van der Waals surface area contributed by atoms with E-state index in [2.05, 4.69) is 20.7 Å². The molecule has 5 heteroatoms. The molecule has 3 nitrogen and oxygen atoms in total. The highest BCUT2D eigenvalue weighted by Crippen LogP contribution is 2.26. The molecule has 1 aromatic carbocycles. The predicted molar refractivity (Wildman–Crippen MR) is 80.1 cm³/mol. The first-order valence-corrected chi connectivity index (χ1v) is 7.71. The van der Waals surface area contributed by atoms with E-state index >= 15 is 0 Å². The highest BCUT2D eigenvalue weighted by Gasteiger charge is 2.28. The third kappa shape index (κ3) is 4.46. The van der Waals surface area contributed by atoms with Crippen LogP contribution in [0, 0.1) is 0 Å². The molecule has 0 saturated carbocycles. The van der Waals surface area contributed by atoms with Crippen molar-refractivity contribution >= 4 is 27.3 Å². The third-order valence-corrected chi connectivity index (χ3v) is 4.61. The van der Waals surface area contributed by atoms with Crippen LogP contribution in [0.15, 0.2) is 22.7 Å². The zero-order chi connectivity index (χ0) is 13.9. The number of methoxy groups -OCH3 is 1. The minimum absolute atomic E-state index is 0.00328. The van der Waals surface area contributed by atoms with Gasteiger partial charge in [-0.05, 0) is 51.5 Å². The Labute approximate surface area is 121 Å². The Bertz CT molecular complexity index is 406. The fraction of sp³-hybridized carbons (Fsp3) is 0.538. The lowest BCUT2D eigenvalue weighted by Gasteiger charge is -2.26. The molecule has 0 amide bonds. The largest absolute Gasteiger partial charge is 0.598 e. The summed E-state index contributed by atoms with van der Waals surface area (Å²) in [6.07, 6.45) is 0. The lowest BCUT2D eigenvalue weighted by Crippen LogP contribution is -2.40. The maximum atomic E-state index is 12.0. The Morgan fingerprint density at radius 2 is 1.94 bits per heavy atom. The van der Waals surface area contributed by atoms with Gasteiger partial charge in [0, 0.05) is 15.8 Å². The molecule has 102 valence electrons. The summed E-state index contributed by atoms with van der Waals surface area (Å²) in [7, 11) is 1.64. The SMILES string of the molecule is COc1cc(Br)cc([C@@H](C)N[S+]([O-])C(C)(C)C)c1. The fourth-order valence-corrected chi connectivity index (χ4v) is 2.66. The quantitative estimate of drug-likeness (QED) is 0.856. The molecule has 0 bridgehead atoms. The summed E-state index contributed by atoms with van der Waals surface area (Å²) in [4.78, 5) is 0. The molecule has 0 heterocycles. The molecular weight excluding hydrogens is 314 g/mol. The van der Waals surface area contributed by atoms with E-state index in [4.69, 9.17) is 4.74 Å². The predicted octanol–water partition coefficient (Wildman–Crippen LogP) is 3.57. The van der Waals surface area contributed by atoms with E-state index in [-0.39, 0.29) is 10.8 Å². The first-order chi connectivity index (χ1) is 8.24. The van der Waals surface area contributed by atoms with Gasteiger partial charge >= 0.3 is 0 Å². The first kappa shape index (κ1) is 15.8. The topological polar surface area (TPSA) is 44.3 Å². The molecule has 1 rings (SSSR count). The van der Waals surface area contributed by atoms with Gasteiger partial charge in [0.15, 0.2) is 0 Å². The van der Waals surface area contributed by atoms with Crippen molar-refractivity contribution in [1.29, 1.82) is 0 Å². The van der Waals surface area contributed by atoms with Crippen LogP contribution in [0.2, 0.25) is 0 Å². The lowest BCUT2D eigenvalue weighted by molar-refractivity contribution is 0.413. The first-order valence-electron chi connectivity index (χ1n) is 5.76. The van der Waals surface area contributed by atoms with Crippen LogP contribution in [-0.2, 0) is 11.4 Å². The van der Waals surface area contributed by atoms with Crippen LogP contribution in [0.25, 0.3) is 0 Å². The molecule has 0 fully saturated rings. The van der Waals surface area contributed by atoms with Crippen molar-refractivity contribution in [3.05, 3.63) is 28.2 Å². The van der Waals surface area contributed by atoms with Crippen LogP contribution >= 0.6 is 15.9 Å². The molecule has 0 radical (unpaired) electrons. The van der Waals surface area contributed by atoms with E-state index in [1.165, 1.54) is 0 Å². The molecule has 0 saturated heterocycles. The van der Waals surface area contributed by atoms with Gasteiger partial charge in [0.25, 0.3) is 0 Å². The van der Waals surface area contributed by atoms with Gasteiger partial charge in [-0.1, -0.05) is 15.9 Å². The number of halogens is 1. The number of hydrogen-bond acceptors (Lipinski definition) is 3. The summed E-state index contributed by atoms with van der Waals surface area (Å²) >= 11 is 2.35. The van der Waals surface area contributed by atoms with Gasteiger partial charge in [-0.25, -0.2) is 0 Å². The van der Waals surface area contributed by atoms with Crippen LogP contribution in [-0.4, -0.2) is 16.4 Å². The van der Waals surface area contributed by atoms with Crippen molar-refractivity contribution in [2.24, 2.45) is 0 Å². The standard InChI is InChI=1S/C13H20BrNO2S/c1-9(15-18(16)13(2,3)4)10-6-11(14)8-12(7-10)17-5/h6-9,15H,1-5H3/t9-,18?/m1/s1. The molecule has 1 N–H and O–H groups in total. The number of ether oxygens (including phenoxy) is 1. The molecule has 0 aliphatic heterocycles. The number of hydrogen-bond donors (Lipinski definition) is 1. The second kappa shape index (κ2) is 6.28. The van der Waals surface area contributed by atoms with Gasteiger partial charge < -0.3 is 9.29 Å². The smallest absolute Gasteiger partial charge is 0.136 e. The van der Waals surface area contributed by atoms with E-state index in [1.54, 1.807) is 7.11 Å². The van der Waals surface area contributed by atoms with Crippen LogP contribution in [0.5, 0.6) is 5.75 Å². The summed E-state index contributed by atoms with van der Waals surface area (Å²) in [5, 5.41) is 0. The minimum Gasteiger partial charge on any atom is -0.598 e. The van der Waals surface area contributed by atoms with Crippen LogP contribution < -0.4 is 9.46 Å². The Balaban J connectivity index is 2.84. The molecule has 0 spiro atoms. The summed E-state index contributed by atoms with van der Waals surface area (Å²) in [5.74, 6) is 0.787. The van der Waals surface area contributed by atoms with Gasteiger partial charge in [-0.3, -0.25) is 0 Å². The Morgan fingerprint density at radius 3 is 2.44 bits per heavy atom. The van der Waals surface area contributed by atoms with Crippen molar-refractivity contribution in [1.82, 2.24) is 4.72 Å². The molecule has 1 aromatic rings. The van der Waals surface area contributed by atoms with E-state index in [9.17, 15) is 4.55 Å². The van der Waals surface area contributed by atoms with E-state index in [0.29, 0.717) is 0 Å². The van der Waals surface area contributed by atoms with Gasteiger partial charge in [-0.15, -0.1) is 4.72 Å². The molecule has 2 atom stereocenters. The van der Waals surface area contributed by atoms with Gasteiger partial charge in [0.1, 0.15) is 10.5 Å². The number of benzene rings is 1. The van der Waals surface area contributed by atoms with Crippen LogP contribution in [0.1, 0.15) is 39.3 Å². The second-order valence-corrected chi connectivity index (χ2v) is 8.06. The molecule has 18 heavy (non-hydrogen) atoms. The third-order valence-electron chi connectivity index (χ3n) is 2.47. The van der Waals surface area contributed by atoms with Crippen molar-refractivity contribution in [2.45, 2.75) is 38.5 Å². The molecule has 0 aliphatic carbocycles. The molecule has 0 aliphatic rings. The Kier molecular flexibility index (Phi) is 5.52. The van der Waals surface area contributed by atoms with Crippen molar-refractivity contribution in [3.8, 4) is 5.75 Å². The lowest BCUT2D eigenvalue weighted by atomic mass is 10.1. The van der Waals surface area contributed by atoms with E-state index in [1.807, 2.05) is 45.9 Å². The summed E-state index contributed by atoms with van der Waals surface area (Å²) < 4.78 is 21.1. The average molecular weight is 334 g/mol. The average Bonchev–Trinajstić information content (AvgIpc) is 2.26. The maximum Gasteiger partial charge on any atom is 0.136 e. The van der Waals surface area contributed by atoms with Gasteiger partial charge in [0.2, 0.25) is 0 Å². The molecular formula is C13H20BrNO2S. The second-order valence-electron chi connectivity index (χ2n) is 5.15. The van der Waals surface area contributed by atoms with E-state index < -0.39 is 11.4 Å². The zero-order valence-corrected chi connectivity index (χ0v) is 13.8. The summed E-state index contributed by atoms with van der Waals surface area (Å²) in [6, 6.07) is 5.84. The monoisotopic (exact) mass is 333 g/mol. The Hall–Kier alpha value is -0.230. The zero-order valence-electron chi connectivity index (χ0n) is 11.4. The fourth-order valence-electron chi connectivity index (χ4n) is 1.36. The van der Waals surface area contributed by atoms with E-state index in [0.717, 1.165) is 15.8 Å². The maximum absolute atomic E-state index is 12.0. The highest BCUT2D eigenvalue weighted by molar-refractivity contribution is 9.10. The Morgan fingerprint density at radius 1 is 1.33 bits per heavy atom. The van der Waals surface area contributed by atoms with Crippen LogP contribution in [0.3, 0.4) is 0 Å². The molecule has 0 aromatic heterocycles. The van der Waals surface area contributed by atoms with Crippen molar-refractivity contribution in [2.75, 3.05) is 7.11 Å². The summed E-state index contributed by atoms with van der Waals surface area (Å²) in [5.41, 5.74) is 1.04. The minimum atomic E-state index is -1.09. The number of rotatable bonds is 4. The van der Waals surface area contributed by atoms with Crippen molar-refractivity contribution < 1.29 is 9.29 Å². The van der Waals surface area contributed by atoms with Gasteiger partial charge in [-0.2, -0.15) is 0 Å². The highest BCUT2D eigenvalue weighted by atomic mass is 79.9. The number of nitrogens with one attached hydrogen (secondary N) is 1. The molecule has 1 unspecified atom stereocenters. The van der Waals surface area contributed by atoms with Gasteiger partial charge in [0.05, 0.1) is 13.2 Å². The summed E-state index contributed by atoms with van der Waals surface area (Å²) in [6.45, 7) is 7.84.